The fourth-order valence-electron chi connectivity index (χ4n) is 3.10. The maximum Gasteiger partial charge on any atom is 0.339 e. The van der Waals surface area contributed by atoms with Gasteiger partial charge in [-0.25, -0.2) is 13.2 Å². The SMILES string of the molecule is COc1cc(OC)cc(C(=O)OC(C)C(=O)Nc2ccc(S(=O)(=O)N3CCOCC3)cc2)c1. The van der Waals surface area contributed by atoms with Gasteiger partial charge in [0.15, 0.2) is 6.10 Å². The van der Waals surface area contributed by atoms with Gasteiger partial charge in [-0.2, -0.15) is 4.31 Å². The molecule has 0 aliphatic carbocycles. The third-order valence-electron chi connectivity index (χ3n) is 4.97. The van der Waals surface area contributed by atoms with Crippen LogP contribution in [0.3, 0.4) is 0 Å². The molecule has 1 aliphatic heterocycles. The molecule has 33 heavy (non-hydrogen) atoms. The number of nitrogens with zero attached hydrogens (tertiary/aromatic N) is 1. The van der Waals surface area contributed by atoms with Crippen molar-refractivity contribution in [1.29, 1.82) is 0 Å². The maximum atomic E-state index is 12.7. The minimum atomic E-state index is -3.63. The Bertz CT molecular complexity index is 1070. The van der Waals surface area contributed by atoms with Gasteiger partial charge in [0.05, 0.1) is 37.9 Å². The first-order valence-electron chi connectivity index (χ1n) is 10.2. The molecule has 1 amide bonds. The number of nitrogens with one attached hydrogen (secondary N) is 1. The van der Waals surface area contributed by atoms with Gasteiger partial charge in [0.25, 0.3) is 5.91 Å². The van der Waals surface area contributed by atoms with Gasteiger partial charge in [-0.3, -0.25) is 4.79 Å². The van der Waals surface area contributed by atoms with Crippen LogP contribution in [0.4, 0.5) is 5.69 Å². The summed E-state index contributed by atoms with van der Waals surface area (Å²) in [4.78, 5) is 25.1. The van der Waals surface area contributed by atoms with Crippen LogP contribution in [0, 0.1) is 0 Å². The lowest BCUT2D eigenvalue weighted by atomic mass is 10.2. The molecule has 11 heteroatoms. The van der Waals surface area contributed by atoms with Crippen LogP contribution in [0.1, 0.15) is 17.3 Å². The minimum Gasteiger partial charge on any atom is -0.497 e. The Morgan fingerprint density at radius 2 is 1.58 bits per heavy atom. The molecule has 1 heterocycles. The predicted molar refractivity (Wildman–Crippen MR) is 119 cm³/mol. The molecule has 0 radical (unpaired) electrons. The van der Waals surface area contributed by atoms with Crippen LogP contribution in [0.5, 0.6) is 11.5 Å². The van der Waals surface area contributed by atoms with E-state index in [0.29, 0.717) is 43.5 Å². The Morgan fingerprint density at radius 1 is 1.00 bits per heavy atom. The predicted octanol–water partition coefficient (Wildman–Crippen LogP) is 1.91. The topological polar surface area (TPSA) is 120 Å². The molecule has 1 N–H and O–H groups in total. The summed E-state index contributed by atoms with van der Waals surface area (Å²) in [6.45, 7) is 2.73. The number of hydrogen-bond acceptors (Lipinski definition) is 8. The molecule has 1 atom stereocenters. The van der Waals surface area contributed by atoms with E-state index in [1.165, 1.54) is 61.8 Å². The molecular weight excluding hydrogens is 452 g/mol. The van der Waals surface area contributed by atoms with E-state index in [2.05, 4.69) is 5.32 Å². The van der Waals surface area contributed by atoms with Gasteiger partial charge < -0.3 is 24.3 Å². The number of amides is 1. The Balaban J connectivity index is 1.62. The highest BCUT2D eigenvalue weighted by atomic mass is 32.2. The van der Waals surface area contributed by atoms with Crippen molar-refractivity contribution in [2.75, 3.05) is 45.8 Å². The lowest BCUT2D eigenvalue weighted by molar-refractivity contribution is -0.123. The molecule has 0 aromatic heterocycles. The smallest absolute Gasteiger partial charge is 0.339 e. The summed E-state index contributed by atoms with van der Waals surface area (Å²) in [5, 5.41) is 2.61. The highest BCUT2D eigenvalue weighted by Crippen LogP contribution is 2.24. The highest BCUT2D eigenvalue weighted by Gasteiger charge is 2.26. The zero-order chi connectivity index (χ0) is 24.0. The summed E-state index contributed by atoms with van der Waals surface area (Å²) < 4.78 is 47.4. The lowest BCUT2D eigenvalue weighted by Crippen LogP contribution is -2.40. The first-order valence-corrected chi connectivity index (χ1v) is 11.6. The fraction of sp³-hybridized carbons (Fsp3) is 0.364. The number of methoxy groups -OCH3 is 2. The number of carbonyl (C=O) groups is 2. The van der Waals surface area contributed by atoms with Crippen molar-refractivity contribution >= 4 is 27.6 Å². The fourth-order valence-corrected chi connectivity index (χ4v) is 4.51. The van der Waals surface area contributed by atoms with Gasteiger partial charge in [-0.1, -0.05) is 0 Å². The number of sulfonamides is 1. The Hall–Kier alpha value is -3.15. The number of morpholine rings is 1. The molecule has 0 bridgehead atoms. The zero-order valence-corrected chi connectivity index (χ0v) is 19.4. The van der Waals surface area contributed by atoms with Gasteiger partial charge in [0.2, 0.25) is 10.0 Å². The summed E-state index contributed by atoms with van der Waals surface area (Å²) in [5.74, 6) is -0.472. The number of rotatable bonds is 8. The van der Waals surface area contributed by atoms with Gasteiger partial charge in [0, 0.05) is 24.8 Å². The van der Waals surface area contributed by atoms with Crippen molar-refractivity contribution in [3.05, 3.63) is 48.0 Å². The minimum absolute atomic E-state index is 0.119. The van der Waals surface area contributed by atoms with Crippen LogP contribution in [0.15, 0.2) is 47.4 Å². The molecule has 0 saturated carbocycles. The Morgan fingerprint density at radius 3 is 2.12 bits per heavy atom. The second-order valence-corrected chi connectivity index (χ2v) is 9.12. The van der Waals surface area contributed by atoms with E-state index in [0.717, 1.165) is 0 Å². The number of ether oxygens (including phenoxy) is 4. The summed E-state index contributed by atoms with van der Waals surface area (Å²) in [6.07, 6.45) is -1.11. The van der Waals surface area contributed by atoms with Crippen molar-refractivity contribution in [3.63, 3.8) is 0 Å². The number of carbonyl (C=O) groups excluding carboxylic acids is 2. The van der Waals surface area contributed by atoms with Gasteiger partial charge in [0.1, 0.15) is 11.5 Å². The zero-order valence-electron chi connectivity index (χ0n) is 18.6. The van der Waals surface area contributed by atoms with E-state index < -0.39 is 28.0 Å². The summed E-state index contributed by atoms with van der Waals surface area (Å²) in [7, 11) is -0.719. The van der Waals surface area contributed by atoms with E-state index in [1.807, 2.05) is 0 Å². The standard InChI is InChI=1S/C22H26N2O8S/c1-15(32-22(26)16-12-18(29-2)14-19(13-16)30-3)21(25)23-17-4-6-20(7-5-17)33(27,28)24-8-10-31-11-9-24/h4-7,12-15H,8-11H2,1-3H3,(H,23,25). The molecule has 1 fully saturated rings. The molecule has 3 rings (SSSR count). The summed E-state index contributed by atoms with van der Waals surface area (Å²) >= 11 is 0. The molecule has 2 aromatic rings. The van der Waals surface area contributed by atoms with Crippen molar-refractivity contribution < 1.29 is 37.0 Å². The van der Waals surface area contributed by atoms with Crippen LogP contribution < -0.4 is 14.8 Å². The number of benzene rings is 2. The Labute approximate surface area is 192 Å². The number of esters is 1. The number of anilines is 1. The van der Waals surface area contributed by atoms with Crippen molar-refractivity contribution in [2.24, 2.45) is 0 Å². The molecule has 2 aromatic carbocycles. The average molecular weight is 479 g/mol. The largest absolute Gasteiger partial charge is 0.497 e. The first kappa shape index (κ1) is 24.5. The molecule has 1 aliphatic rings. The molecule has 178 valence electrons. The van der Waals surface area contributed by atoms with Gasteiger partial charge in [-0.05, 0) is 43.3 Å². The normalized spacial score (nSPS) is 15.4. The van der Waals surface area contributed by atoms with E-state index in [4.69, 9.17) is 18.9 Å². The monoisotopic (exact) mass is 478 g/mol. The van der Waals surface area contributed by atoms with Crippen molar-refractivity contribution in [2.45, 2.75) is 17.9 Å². The molecule has 1 unspecified atom stereocenters. The van der Waals surface area contributed by atoms with Gasteiger partial charge >= 0.3 is 5.97 Å². The molecule has 0 spiro atoms. The Kier molecular flexibility index (Phi) is 7.90. The number of hydrogen-bond donors (Lipinski definition) is 1. The second-order valence-electron chi connectivity index (χ2n) is 7.18. The third kappa shape index (κ3) is 6.01. The first-order chi connectivity index (χ1) is 15.7. The van der Waals surface area contributed by atoms with Crippen molar-refractivity contribution in [3.8, 4) is 11.5 Å². The van der Waals surface area contributed by atoms with Crippen molar-refractivity contribution in [1.82, 2.24) is 4.31 Å². The van der Waals surface area contributed by atoms with Crippen LogP contribution in [0.25, 0.3) is 0 Å². The van der Waals surface area contributed by atoms with E-state index in [1.54, 1.807) is 6.07 Å². The van der Waals surface area contributed by atoms with E-state index in [9.17, 15) is 18.0 Å². The summed E-state index contributed by atoms with van der Waals surface area (Å²) in [5.41, 5.74) is 0.537. The second kappa shape index (κ2) is 10.6. The molecular formula is C22H26N2O8S. The van der Waals surface area contributed by atoms with E-state index in [-0.39, 0.29) is 10.5 Å². The van der Waals surface area contributed by atoms with Crippen LogP contribution >= 0.6 is 0 Å². The van der Waals surface area contributed by atoms with Crippen LogP contribution in [0.2, 0.25) is 0 Å². The summed E-state index contributed by atoms with van der Waals surface area (Å²) in [6, 6.07) is 10.3. The average Bonchev–Trinajstić information content (AvgIpc) is 2.84. The lowest BCUT2D eigenvalue weighted by Gasteiger charge is -2.26. The van der Waals surface area contributed by atoms with E-state index >= 15 is 0 Å². The van der Waals surface area contributed by atoms with Gasteiger partial charge in [-0.15, -0.1) is 0 Å². The van der Waals surface area contributed by atoms with Crippen LogP contribution in [-0.4, -0.2) is 71.2 Å². The molecule has 10 nitrogen and oxygen atoms in total. The maximum absolute atomic E-state index is 12.7. The van der Waals surface area contributed by atoms with Crippen LogP contribution in [-0.2, 0) is 24.3 Å². The highest BCUT2D eigenvalue weighted by molar-refractivity contribution is 7.89. The quantitative estimate of drug-likeness (QED) is 0.572. The third-order valence-corrected chi connectivity index (χ3v) is 6.88. The molecule has 1 saturated heterocycles.